The number of nitrogens with two attached hydrogens (primary N) is 1. The molecule has 0 saturated heterocycles. The van der Waals surface area contributed by atoms with Crippen LogP contribution >= 0.6 is 12.4 Å². The van der Waals surface area contributed by atoms with Crippen molar-refractivity contribution in [1.29, 1.82) is 5.26 Å². The molecular weight excluding hydrogens is 262 g/mol. The van der Waals surface area contributed by atoms with Gasteiger partial charge in [0.1, 0.15) is 0 Å². The molecule has 0 atom stereocenters. The molecule has 0 spiro atoms. The lowest BCUT2D eigenvalue weighted by atomic mass is 10.2. The Balaban J connectivity index is 0.00000256. The summed E-state index contributed by atoms with van der Waals surface area (Å²) in [5, 5.41) is 8.66. The zero-order chi connectivity index (χ0) is 12.0. The van der Waals surface area contributed by atoms with Crippen LogP contribution in [0.15, 0.2) is 29.2 Å². The van der Waals surface area contributed by atoms with Crippen LogP contribution in [0.4, 0.5) is 0 Å². The van der Waals surface area contributed by atoms with Gasteiger partial charge in [0, 0.05) is 6.54 Å². The molecule has 0 aliphatic rings. The molecule has 1 aromatic carbocycles. The molecule has 0 aliphatic carbocycles. The molecule has 3 N–H and O–H groups in total. The Kier molecular flexibility index (Phi) is 6.76. The molecule has 0 heterocycles. The maximum Gasteiger partial charge on any atom is 0.240 e. The maximum atomic E-state index is 11.7. The van der Waals surface area contributed by atoms with Crippen LogP contribution in [0.3, 0.4) is 0 Å². The maximum absolute atomic E-state index is 11.7. The first-order valence-electron chi connectivity index (χ1n) is 4.80. The summed E-state index contributed by atoms with van der Waals surface area (Å²) < 4.78 is 25.8. The number of nitrogens with one attached hydrogen (secondary N) is 1. The topological polar surface area (TPSA) is 96.0 Å². The number of nitriles is 1. The van der Waals surface area contributed by atoms with Crippen LogP contribution in [0, 0.1) is 11.3 Å². The van der Waals surface area contributed by atoms with Gasteiger partial charge in [-0.05, 0) is 31.2 Å². The molecule has 0 bridgehead atoms. The average molecular weight is 276 g/mol. The fourth-order valence-electron chi connectivity index (χ4n) is 1.12. The minimum Gasteiger partial charge on any atom is -0.330 e. The summed E-state index contributed by atoms with van der Waals surface area (Å²) in [7, 11) is -3.52. The van der Waals surface area contributed by atoms with Crippen molar-refractivity contribution in [2.45, 2.75) is 11.3 Å². The molecule has 1 aromatic rings. The van der Waals surface area contributed by atoms with Crippen molar-refractivity contribution >= 4 is 22.4 Å². The minimum atomic E-state index is -3.52. The van der Waals surface area contributed by atoms with E-state index in [4.69, 9.17) is 11.0 Å². The second-order valence-electron chi connectivity index (χ2n) is 3.18. The molecule has 0 aliphatic heterocycles. The summed E-state index contributed by atoms with van der Waals surface area (Å²) >= 11 is 0. The van der Waals surface area contributed by atoms with E-state index >= 15 is 0 Å². The van der Waals surface area contributed by atoms with Crippen molar-refractivity contribution in [3.05, 3.63) is 29.8 Å². The van der Waals surface area contributed by atoms with Gasteiger partial charge in [0.25, 0.3) is 0 Å². The summed E-state index contributed by atoms with van der Waals surface area (Å²) in [6, 6.07) is 7.77. The highest BCUT2D eigenvalue weighted by Crippen LogP contribution is 2.10. The first-order valence-corrected chi connectivity index (χ1v) is 6.28. The summed E-state index contributed by atoms with van der Waals surface area (Å²) in [6.07, 6.45) is 0.581. The number of rotatable bonds is 5. The van der Waals surface area contributed by atoms with Gasteiger partial charge in [0.2, 0.25) is 10.0 Å². The molecule has 17 heavy (non-hydrogen) atoms. The first kappa shape index (κ1) is 15.9. The van der Waals surface area contributed by atoms with Gasteiger partial charge in [-0.2, -0.15) is 5.26 Å². The Labute approximate surface area is 107 Å². The van der Waals surface area contributed by atoms with E-state index in [1.54, 1.807) is 6.07 Å². The third-order valence-corrected chi connectivity index (χ3v) is 3.41. The van der Waals surface area contributed by atoms with E-state index in [-0.39, 0.29) is 17.3 Å². The van der Waals surface area contributed by atoms with Crippen LogP contribution in [0.2, 0.25) is 0 Å². The van der Waals surface area contributed by atoms with Crippen LogP contribution in [-0.2, 0) is 10.0 Å². The van der Waals surface area contributed by atoms with Gasteiger partial charge in [-0.15, -0.1) is 12.4 Å². The van der Waals surface area contributed by atoms with Gasteiger partial charge >= 0.3 is 0 Å². The first-order chi connectivity index (χ1) is 7.60. The smallest absolute Gasteiger partial charge is 0.240 e. The highest BCUT2D eigenvalue weighted by Gasteiger charge is 2.13. The van der Waals surface area contributed by atoms with Crippen LogP contribution in [0.1, 0.15) is 12.0 Å². The summed E-state index contributed by atoms with van der Waals surface area (Å²) in [5.41, 5.74) is 5.59. The van der Waals surface area contributed by atoms with Gasteiger partial charge in [0.15, 0.2) is 0 Å². The van der Waals surface area contributed by atoms with Gasteiger partial charge in [-0.25, -0.2) is 13.1 Å². The Hall–Kier alpha value is -1.13. The quantitative estimate of drug-likeness (QED) is 0.770. The fraction of sp³-hybridized carbons (Fsp3) is 0.300. The molecule has 0 aromatic heterocycles. The number of hydrogen-bond donors (Lipinski definition) is 2. The molecule has 7 heteroatoms. The molecule has 5 nitrogen and oxygen atoms in total. The second-order valence-corrected chi connectivity index (χ2v) is 4.95. The Bertz CT molecular complexity index is 497. The van der Waals surface area contributed by atoms with Gasteiger partial charge in [-0.1, -0.05) is 6.07 Å². The number of hydrogen-bond acceptors (Lipinski definition) is 4. The molecule has 94 valence electrons. The van der Waals surface area contributed by atoms with E-state index in [2.05, 4.69) is 4.72 Å². The summed E-state index contributed by atoms with van der Waals surface area (Å²) in [5.74, 6) is 0. The number of sulfonamides is 1. The van der Waals surface area contributed by atoms with E-state index in [0.717, 1.165) is 0 Å². The van der Waals surface area contributed by atoms with Crippen molar-refractivity contribution in [2.75, 3.05) is 13.1 Å². The number of nitrogens with zero attached hydrogens (tertiary/aromatic N) is 1. The molecule has 0 fully saturated rings. The van der Waals surface area contributed by atoms with Gasteiger partial charge in [0.05, 0.1) is 16.5 Å². The molecule has 0 amide bonds. The summed E-state index contributed by atoms with van der Waals surface area (Å²) in [4.78, 5) is 0.101. The van der Waals surface area contributed by atoms with Crippen LogP contribution in [0.5, 0.6) is 0 Å². The average Bonchev–Trinajstić information content (AvgIpc) is 2.29. The van der Waals surface area contributed by atoms with Crippen molar-refractivity contribution in [3.8, 4) is 6.07 Å². The van der Waals surface area contributed by atoms with E-state index in [1.807, 2.05) is 6.07 Å². The summed E-state index contributed by atoms with van der Waals surface area (Å²) in [6.45, 7) is 0.733. The van der Waals surface area contributed by atoms with Crippen molar-refractivity contribution in [2.24, 2.45) is 5.73 Å². The van der Waals surface area contributed by atoms with Crippen molar-refractivity contribution in [1.82, 2.24) is 4.72 Å². The molecule has 0 saturated carbocycles. The molecular formula is C10H14ClN3O2S. The highest BCUT2D eigenvalue weighted by atomic mass is 35.5. The van der Waals surface area contributed by atoms with E-state index in [0.29, 0.717) is 25.1 Å². The van der Waals surface area contributed by atoms with Crippen LogP contribution in [-0.4, -0.2) is 21.5 Å². The molecule has 0 unspecified atom stereocenters. The third kappa shape index (κ3) is 4.71. The standard InChI is InChI=1S/C10H13N3O2S.ClH/c11-5-2-6-13-16(14,15)10-4-1-3-9(7-10)8-12;/h1,3-4,7,13H,2,5-6,11H2;1H. The van der Waals surface area contributed by atoms with Crippen molar-refractivity contribution < 1.29 is 8.42 Å². The predicted molar refractivity (Wildman–Crippen MR) is 67.3 cm³/mol. The van der Waals surface area contributed by atoms with E-state index in [9.17, 15) is 8.42 Å². The van der Waals surface area contributed by atoms with E-state index in [1.165, 1.54) is 18.2 Å². The van der Waals surface area contributed by atoms with Crippen LogP contribution < -0.4 is 10.5 Å². The highest BCUT2D eigenvalue weighted by molar-refractivity contribution is 7.89. The Morgan fingerprint density at radius 2 is 2.12 bits per heavy atom. The lowest BCUT2D eigenvalue weighted by Gasteiger charge is -2.05. The van der Waals surface area contributed by atoms with Gasteiger partial charge in [-0.3, -0.25) is 0 Å². The Morgan fingerprint density at radius 1 is 1.41 bits per heavy atom. The van der Waals surface area contributed by atoms with Crippen molar-refractivity contribution in [3.63, 3.8) is 0 Å². The minimum absolute atomic E-state index is 0. The lowest BCUT2D eigenvalue weighted by molar-refractivity contribution is 0.579. The third-order valence-electron chi connectivity index (χ3n) is 1.95. The predicted octanol–water partition coefficient (Wildman–Crippen LogP) is 0.607. The van der Waals surface area contributed by atoms with E-state index < -0.39 is 10.0 Å². The fourth-order valence-corrected chi connectivity index (χ4v) is 2.24. The number of benzene rings is 1. The zero-order valence-corrected chi connectivity index (χ0v) is 10.7. The van der Waals surface area contributed by atoms with Crippen LogP contribution in [0.25, 0.3) is 0 Å². The monoisotopic (exact) mass is 275 g/mol. The Morgan fingerprint density at radius 3 is 2.71 bits per heavy atom. The normalized spacial score (nSPS) is 10.4. The van der Waals surface area contributed by atoms with Gasteiger partial charge < -0.3 is 5.73 Å². The zero-order valence-electron chi connectivity index (χ0n) is 9.09. The second kappa shape index (κ2) is 7.25. The number of halogens is 1. The molecule has 0 radical (unpaired) electrons. The lowest BCUT2D eigenvalue weighted by Crippen LogP contribution is -2.26. The molecule has 1 rings (SSSR count). The SMILES string of the molecule is Cl.N#Cc1cccc(S(=O)(=O)NCCCN)c1. The largest absolute Gasteiger partial charge is 0.330 e.